The highest BCUT2D eigenvalue weighted by molar-refractivity contribution is 9.10. The van der Waals surface area contributed by atoms with E-state index in [2.05, 4.69) is 41.7 Å². The molecular formula is C21H16BrN5OS. The van der Waals surface area contributed by atoms with Gasteiger partial charge in [0.2, 0.25) is 5.13 Å². The summed E-state index contributed by atoms with van der Waals surface area (Å²) in [5.41, 5.74) is 4.08. The van der Waals surface area contributed by atoms with Crippen molar-refractivity contribution in [1.29, 1.82) is 0 Å². The van der Waals surface area contributed by atoms with Gasteiger partial charge in [-0.25, -0.2) is 0 Å². The molecule has 0 saturated carbocycles. The van der Waals surface area contributed by atoms with Crippen molar-refractivity contribution in [2.24, 2.45) is 0 Å². The molecule has 4 rings (SSSR count). The summed E-state index contributed by atoms with van der Waals surface area (Å²) >= 11 is 4.83. The SMILES string of the molecule is Cc1ccc(NC(=O)c2cccc(Br)c2)cc1Nc1nnc(-c2cccnc2)s1. The van der Waals surface area contributed by atoms with Crippen molar-refractivity contribution in [3.63, 3.8) is 0 Å². The number of anilines is 3. The van der Waals surface area contributed by atoms with Crippen LogP contribution >= 0.6 is 27.3 Å². The average molecular weight is 466 g/mol. The topological polar surface area (TPSA) is 79.8 Å². The molecule has 0 aliphatic rings. The van der Waals surface area contributed by atoms with Crippen LogP contribution in [0.25, 0.3) is 10.6 Å². The van der Waals surface area contributed by atoms with Crippen molar-refractivity contribution in [3.05, 3.63) is 82.6 Å². The van der Waals surface area contributed by atoms with Crippen molar-refractivity contribution in [1.82, 2.24) is 15.2 Å². The summed E-state index contributed by atoms with van der Waals surface area (Å²) in [6, 6.07) is 16.8. The van der Waals surface area contributed by atoms with Crippen LogP contribution in [0.5, 0.6) is 0 Å². The van der Waals surface area contributed by atoms with Gasteiger partial charge in [0, 0.05) is 39.4 Å². The van der Waals surface area contributed by atoms with Crippen molar-refractivity contribution >= 4 is 49.7 Å². The Hall–Kier alpha value is -3.10. The van der Waals surface area contributed by atoms with Gasteiger partial charge in [0.1, 0.15) is 0 Å². The number of pyridine rings is 1. The lowest BCUT2D eigenvalue weighted by atomic mass is 10.1. The molecule has 0 unspecified atom stereocenters. The second-order valence-electron chi connectivity index (χ2n) is 6.27. The highest BCUT2D eigenvalue weighted by Crippen LogP contribution is 2.30. The first-order valence-electron chi connectivity index (χ1n) is 8.77. The lowest BCUT2D eigenvalue weighted by Gasteiger charge is -2.11. The highest BCUT2D eigenvalue weighted by atomic mass is 79.9. The normalized spacial score (nSPS) is 10.6. The molecule has 1 amide bonds. The number of carbonyl (C=O) groups is 1. The van der Waals surface area contributed by atoms with Crippen LogP contribution in [0.3, 0.4) is 0 Å². The van der Waals surface area contributed by atoms with Crippen molar-refractivity contribution < 1.29 is 4.79 Å². The Balaban J connectivity index is 1.52. The summed E-state index contributed by atoms with van der Waals surface area (Å²) in [7, 11) is 0. The molecule has 0 fully saturated rings. The van der Waals surface area contributed by atoms with Gasteiger partial charge in [-0.1, -0.05) is 39.4 Å². The summed E-state index contributed by atoms with van der Waals surface area (Å²) in [5, 5.41) is 16.1. The molecule has 2 aromatic carbocycles. The Morgan fingerprint density at radius 3 is 2.76 bits per heavy atom. The van der Waals surface area contributed by atoms with Crippen LogP contribution in [0.1, 0.15) is 15.9 Å². The molecule has 2 N–H and O–H groups in total. The van der Waals surface area contributed by atoms with E-state index in [1.165, 1.54) is 11.3 Å². The molecule has 0 aliphatic heterocycles. The molecule has 0 bridgehead atoms. The van der Waals surface area contributed by atoms with Crippen LogP contribution in [0.15, 0.2) is 71.5 Å². The Labute approximate surface area is 180 Å². The lowest BCUT2D eigenvalue weighted by Crippen LogP contribution is -2.12. The average Bonchev–Trinajstić information content (AvgIpc) is 3.20. The summed E-state index contributed by atoms with van der Waals surface area (Å²) in [6.45, 7) is 1.99. The third-order valence-electron chi connectivity index (χ3n) is 4.16. The zero-order valence-electron chi connectivity index (χ0n) is 15.4. The Morgan fingerprint density at radius 1 is 1.07 bits per heavy atom. The molecule has 0 saturated heterocycles. The maximum atomic E-state index is 12.5. The summed E-state index contributed by atoms with van der Waals surface area (Å²) < 4.78 is 0.858. The minimum Gasteiger partial charge on any atom is -0.330 e. The predicted octanol–water partition coefficient (Wildman–Crippen LogP) is 5.67. The van der Waals surface area contributed by atoms with Crippen molar-refractivity contribution in [2.45, 2.75) is 6.92 Å². The largest absolute Gasteiger partial charge is 0.330 e. The van der Waals surface area contributed by atoms with E-state index in [9.17, 15) is 4.79 Å². The van der Waals surface area contributed by atoms with Crippen LogP contribution in [-0.4, -0.2) is 21.1 Å². The van der Waals surface area contributed by atoms with Gasteiger partial charge in [0.05, 0.1) is 0 Å². The molecule has 144 valence electrons. The third kappa shape index (κ3) is 4.67. The number of carbonyl (C=O) groups excluding carboxylic acids is 1. The second kappa shape index (κ2) is 8.50. The number of hydrogen-bond acceptors (Lipinski definition) is 6. The van der Waals surface area contributed by atoms with Gasteiger partial charge in [0.15, 0.2) is 5.01 Å². The first-order valence-corrected chi connectivity index (χ1v) is 10.4. The fourth-order valence-corrected chi connectivity index (χ4v) is 3.81. The van der Waals surface area contributed by atoms with Gasteiger partial charge in [-0.3, -0.25) is 9.78 Å². The first-order chi connectivity index (χ1) is 14.1. The maximum absolute atomic E-state index is 12.5. The Bertz CT molecular complexity index is 1160. The van der Waals surface area contributed by atoms with E-state index in [1.54, 1.807) is 24.5 Å². The molecule has 29 heavy (non-hydrogen) atoms. The Morgan fingerprint density at radius 2 is 1.97 bits per heavy atom. The van der Waals surface area contributed by atoms with Crippen LogP contribution in [0.4, 0.5) is 16.5 Å². The minimum absolute atomic E-state index is 0.170. The number of rotatable bonds is 5. The molecule has 0 atom stereocenters. The van der Waals surface area contributed by atoms with Crippen molar-refractivity contribution in [2.75, 3.05) is 10.6 Å². The molecule has 8 heteroatoms. The minimum atomic E-state index is -0.170. The quantitative estimate of drug-likeness (QED) is 0.396. The van der Waals surface area contributed by atoms with Gasteiger partial charge in [-0.05, 0) is 55.0 Å². The van der Waals surface area contributed by atoms with E-state index in [-0.39, 0.29) is 5.91 Å². The number of benzene rings is 2. The van der Waals surface area contributed by atoms with E-state index < -0.39 is 0 Å². The second-order valence-corrected chi connectivity index (χ2v) is 8.17. The van der Waals surface area contributed by atoms with E-state index in [0.717, 1.165) is 26.3 Å². The van der Waals surface area contributed by atoms with Crippen LogP contribution in [0.2, 0.25) is 0 Å². The fraction of sp³-hybridized carbons (Fsp3) is 0.0476. The third-order valence-corrected chi connectivity index (χ3v) is 5.54. The highest BCUT2D eigenvalue weighted by Gasteiger charge is 2.11. The summed E-state index contributed by atoms with van der Waals surface area (Å²) in [5.74, 6) is -0.170. The molecule has 2 aromatic heterocycles. The van der Waals surface area contributed by atoms with E-state index >= 15 is 0 Å². The number of nitrogens with zero attached hydrogens (tertiary/aromatic N) is 3. The van der Waals surface area contributed by atoms with E-state index in [0.29, 0.717) is 16.4 Å². The lowest BCUT2D eigenvalue weighted by molar-refractivity contribution is 0.102. The van der Waals surface area contributed by atoms with E-state index in [4.69, 9.17) is 0 Å². The summed E-state index contributed by atoms with van der Waals surface area (Å²) in [4.78, 5) is 16.6. The molecular weight excluding hydrogens is 450 g/mol. The number of aryl methyl sites for hydroxylation is 1. The van der Waals surface area contributed by atoms with E-state index in [1.807, 2.05) is 49.4 Å². The monoisotopic (exact) mass is 465 g/mol. The standard InChI is InChI=1S/C21H16BrN5OS/c1-13-7-8-17(24-19(28)14-4-2-6-16(22)10-14)11-18(13)25-21-27-26-20(29-21)15-5-3-9-23-12-15/h2-12H,1H3,(H,24,28)(H,25,27). The molecule has 0 spiro atoms. The fourth-order valence-electron chi connectivity index (χ4n) is 2.66. The number of amides is 1. The van der Waals surface area contributed by atoms with Gasteiger partial charge < -0.3 is 10.6 Å². The van der Waals surface area contributed by atoms with Gasteiger partial charge in [0.25, 0.3) is 5.91 Å². The van der Waals surface area contributed by atoms with Crippen LogP contribution in [0, 0.1) is 6.92 Å². The molecule has 0 aliphatic carbocycles. The smallest absolute Gasteiger partial charge is 0.255 e. The van der Waals surface area contributed by atoms with Crippen LogP contribution < -0.4 is 10.6 Å². The Kier molecular flexibility index (Phi) is 5.64. The number of nitrogens with one attached hydrogen (secondary N) is 2. The number of aromatic nitrogens is 3. The first kappa shape index (κ1) is 19.2. The zero-order valence-corrected chi connectivity index (χ0v) is 17.8. The van der Waals surface area contributed by atoms with Gasteiger partial charge >= 0.3 is 0 Å². The zero-order chi connectivity index (χ0) is 20.2. The molecule has 4 aromatic rings. The number of halogens is 1. The number of hydrogen-bond donors (Lipinski definition) is 2. The van der Waals surface area contributed by atoms with Crippen molar-refractivity contribution in [3.8, 4) is 10.6 Å². The maximum Gasteiger partial charge on any atom is 0.255 e. The summed E-state index contributed by atoms with van der Waals surface area (Å²) in [6.07, 6.45) is 3.48. The van der Waals surface area contributed by atoms with Crippen LogP contribution in [-0.2, 0) is 0 Å². The predicted molar refractivity (Wildman–Crippen MR) is 120 cm³/mol. The van der Waals surface area contributed by atoms with Gasteiger partial charge in [-0.2, -0.15) is 0 Å². The molecule has 6 nitrogen and oxygen atoms in total. The molecule has 2 heterocycles. The molecule has 0 radical (unpaired) electrons. The van der Waals surface area contributed by atoms with Gasteiger partial charge in [-0.15, -0.1) is 10.2 Å².